The fourth-order valence-electron chi connectivity index (χ4n) is 1.95. The van der Waals surface area contributed by atoms with Gasteiger partial charge in [0.15, 0.2) is 0 Å². The van der Waals surface area contributed by atoms with Gasteiger partial charge in [-0.25, -0.2) is 0 Å². The highest BCUT2D eigenvalue weighted by Crippen LogP contribution is 2.19. The molecule has 0 radical (unpaired) electrons. The van der Waals surface area contributed by atoms with Gasteiger partial charge in [-0.3, -0.25) is 4.98 Å². The van der Waals surface area contributed by atoms with Gasteiger partial charge in [-0.05, 0) is 32.1 Å². The molecule has 0 bridgehead atoms. The van der Waals surface area contributed by atoms with Crippen LogP contribution in [0.5, 0.6) is 0 Å². The van der Waals surface area contributed by atoms with Gasteiger partial charge in [-0.15, -0.1) is 0 Å². The molecule has 1 aromatic rings. The number of nitrogens with zero attached hydrogens (tertiary/aromatic N) is 3. The van der Waals surface area contributed by atoms with E-state index in [1.165, 1.54) is 5.69 Å². The lowest BCUT2D eigenvalue weighted by Gasteiger charge is -2.29. The van der Waals surface area contributed by atoms with Crippen LogP contribution in [0.3, 0.4) is 0 Å². The number of aromatic nitrogens is 1. The molecule has 102 valence electrons. The topological polar surface area (TPSA) is 45.4 Å². The summed E-state index contributed by atoms with van der Waals surface area (Å²) < 4.78 is 0. The zero-order valence-electron chi connectivity index (χ0n) is 12.1. The van der Waals surface area contributed by atoms with Gasteiger partial charge in [0.1, 0.15) is 0 Å². The summed E-state index contributed by atoms with van der Waals surface area (Å²) in [5.74, 6) is 0.623. The smallest absolute Gasteiger partial charge is 0.0772 e. The van der Waals surface area contributed by atoms with Gasteiger partial charge < -0.3 is 15.5 Å². The van der Waals surface area contributed by atoms with Crippen molar-refractivity contribution in [3.8, 4) is 0 Å². The largest absolute Gasteiger partial charge is 0.368 e. The van der Waals surface area contributed by atoms with Crippen LogP contribution in [0.1, 0.15) is 19.5 Å². The number of nitrogens with two attached hydrogens (primary N) is 1. The first kappa shape index (κ1) is 14.9. The molecule has 0 fully saturated rings. The molecule has 0 aromatic carbocycles. The maximum absolute atomic E-state index is 5.78. The standard InChI is InChI=1S/C14H26N4/c1-12(2)11-18(9-8-17(3)4)14-6-5-7-16-13(14)10-15/h5-7,12H,8-11,15H2,1-4H3. The lowest BCUT2D eigenvalue weighted by molar-refractivity contribution is 0.408. The fourth-order valence-corrected chi connectivity index (χ4v) is 1.95. The van der Waals surface area contributed by atoms with E-state index in [0.29, 0.717) is 12.5 Å². The van der Waals surface area contributed by atoms with Crippen LogP contribution < -0.4 is 10.6 Å². The SMILES string of the molecule is CC(C)CN(CCN(C)C)c1cccnc1CN. The third-order valence-electron chi connectivity index (χ3n) is 2.80. The van der Waals surface area contributed by atoms with Gasteiger partial charge in [-0.1, -0.05) is 13.8 Å². The van der Waals surface area contributed by atoms with E-state index in [2.05, 4.69) is 48.8 Å². The van der Waals surface area contributed by atoms with Gasteiger partial charge in [0.25, 0.3) is 0 Å². The molecule has 4 heteroatoms. The molecule has 0 saturated heterocycles. The molecular weight excluding hydrogens is 224 g/mol. The quantitative estimate of drug-likeness (QED) is 0.798. The number of hydrogen-bond donors (Lipinski definition) is 1. The average molecular weight is 250 g/mol. The van der Waals surface area contributed by atoms with Crippen molar-refractivity contribution in [3.63, 3.8) is 0 Å². The number of likely N-dealkylation sites (N-methyl/N-ethyl adjacent to an activating group) is 1. The summed E-state index contributed by atoms with van der Waals surface area (Å²) in [5.41, 5.74) is 7.94. The molecule has 0 aliphatic heterocycles. The molecule has 4 nitrogen and oxygen atoms in total. The zero-order valence-corrected chi connectivity index (χ0v) is 12.1. The van der Waals surface area contributed by atoms with Crippen molar-refractivity contribution in [1.29, 1.82) is 0 Å². The van der Waals surface area contributed by atoms with Crippen molar-refractivity contribution < 1.29 is 0 Å². The monoisotopic (exact) mass is 250 g/mol. The number of anilines is 1. The summed E-state index contributed by atoms with van der Waals surface area (Å²) in [4.78, 5) is 8.96. The van der Waals surface area contributed by atoms with Gasteiger partial charge in [0.05, 0.1) is 11.4 Å². The Morgan fingerprint density at radius 3 is 2.56 bits per heavy atom. The predicted molar refractivity (Wildman–Crippen MR) is 77.7 cm³/mol. The molecule has 18 heavy (non-hydrogen) atoms. The molecule has 0 saturated carbocycles. The molecule has 0 unspecified atom stereocenters. The third-order valence-corrected chi connectivity index (χ3v) is 2.80. The Balaban J connectivity index is 2.86. The van der Waals surface area contributed by atoms with E-state index < -0.39 is 0 Å². The van der Waals surface area contributed by atoms with Crippen LogP contribution in [0.15, 0.2) is 18.3 Å². The number of pyridine rings is 1. The van der Waals surface area contributed by atoms with E-state index in [0.717, 1.165) is 25.3 Å². The van der Waals surface area contributed by atoms with E-state index in [-0.39, 0.29) is 0 Å². The highest BCUT2D eigenvalue weighted by molar-refractivity contribution is 5.50. The van der Waals surface area contributed by atoms with Crippen LogP contribution >= 0.6 is 0 Å². The van der Waals surface area contributed by atoms with Gasteiger partial charge in [-0.2, -0.15) is 0 Å². The Morgan fingerprint density at radius 1 is 1.28 bits per heavy atom. The van der Waals surface area contributed by atoms with Crippen molar-refractivity contribution in [1.82, 2.24) is 9.88 Å². The summed E-state index contributed by atoms with van der Waals surface area (Å²) in [6.45, 7) is 8.04. The Bertz CT molecular complexity index is 349. The average Bonchev–Trinajstić information content (AvgIpc) is 2.33. The second kappa shape index (κ2) is 7.34. The van der Waals surface area contributed by atoms with Crippen LogP contribution in [0.4, 0.5) is 5.69 Å². The highest BCUT2D eigenvalue weighted by atomic mass is 15.2. The van der Waals surface area contributed by atoms with Gasteiger partial charge in [0, 0.05) is 32.4 Å². The molecule has 0 aliphatic rings. The summed E-state index contributed by atoms with van der Waals surface area (Å²) in [6.07, 6.45) is 1.81. The Morgan fingerprint density at radius 2 is 2.00 bits per heavy atom. The summed E-state index contributed by atoms with van der Waals surface area (Å²) in [7, 11) is 4.20. The lowest BCUT2D eigenvalue weighted by atomic mass is 10.1. The fraction of sp³-hybridized carbons (Fsp3) is 0.643. The molecule has 0 aliphatic carbocycles. The van der Waals surface area contributed by atoms with Crippen molar-refractivity contribution in [2.24, 2.45) is 11.7 Å². The lowest BCUT2D eigenvalue weighted by Crippen LogP contribution is -2.35. The van der Waals surface area contributed by atoms with E-state index in [1.807, 2.05) is 12.3 Å². The highest BCUT2D eigenvalue weighted by Gasteiger charge is 2.12. The Hall–Kier alpha value is -1.13. The number of rotatable bonds is 7. The molecule has 1 aromatic heterocycles. The molecule has 1 rings (SSSR count). The minimum Gasteiger partial charge on any atom is -0.368 e. The third kappa shape index (κ3) is 4.63. The molecule has 0 amide bonds. The van der Waals surface area contributed by atoms with Crippen LogP contribution in [0.2, 0.25) is 0 Å². The maximum atomic E-state index is 5.78. The minimum atomic E-state index is 0.493. The first-order valence-corrected chi connectivity index (χ1v) is 6.58. The van der Waals surface area contributed by atoms with Crippen LogP contribution in [-0.2, 0) is 6.54 Å². The molecule has 0 spiro atoms. The summed E-state index contributed by atoms with van der Waals surface area (Å²) in [5, 5.41) is 0. The van der Waals surface area contributed by atoms with E-state index in [1.54, 1.807) is 0 Å². The summed E-state index contributed by atoms with van der Waals surface area (Å²) in [6, 6.07) is 4.10. The first-order valence-electron chi connectivity index (χ1n) is 6.58. The first-order chi connectivity index (χ1) is 8.54. The van der Waals surface area contributed by atoms with Crippen molar-refractivity contribution in [3.05, 3.63) is 24.0 Å². The van der Waals surface area contributed by atoms with Crippen LogP contribution in [0.25, 0.3) is 0 Å². The normalized spacial score (nSPS) is 11.3. The van der Waals surface area contributed by atoms with Crippen LogP contribution in [-0.4, -0.2) is 43.6 Å². The zero-order chi connectivity index (χ0) is 13.5. The second-order valence-electron chi connectivity index (χ2n) is 5.32. The Labute approximate surface area is 111 Å². The molecule has 2 N–H and O–H groups in total. The second-order valence-corrected chi connectivity index (χ2v) is 5.32. The maximum Gasteiger partial charge on any atom is 0.0772 e. The molecule has 1 heterocycles. The molecule has 0 atom stereocenters. The van der Waals surface area contributed by atoms with Crippen molar-refractivity contribution >= 4 is 5.69 Å². The summed E-state index contributed by atoms with van der Waals surface area (Å²) >= 11 is 0. The van der Waals surface area contributed by atoms with Gasteiger partial charge in [0.2, 0.25) is 0 Å². The minimum absolute atomic E-state index is 0.493. The van der Waals surface area contributed by atoms with Crippen molar-refractivity contribution in [2.75, 3.05) is 38.6 Å². The van der Waals surface area contributed by atoms with E-state index in [9.17, 15) is 0 Å². The predicted octanol–water partition coefficient (Wildman–Crippen LogP) is 1.56. The van der Waals surface area contributed by atoms with Crippen LogP contribution in [0, 0.1) is 5.92 Å². The Kier molecular flexibility index (Phi) is 6.09. The van der Waals surface area contributed by atoms with E-state index >= 15 is 0 Å². The van der Waals surface area contributed by atoms with E-state index in [4.69, 9.17) is 5.73 Å². The molecular formula is C14H26N4. The van der Waals surface area contributed by atoms with Crippen molar-refractivity contribution in [2.45, 2.75) is 20.4 Å². The number of hydrogen-bond acceptors (Lipinski definition) is 4. The van der Waals surface area contributed by atoms with Gasteiger partial charge >= 0.3 is 0 Å².